The molecule has 5 amide bonds. The number of piperidine rings is 1. The van der Waals surface area contributed by atoms with E-state index >= 15 is 0 Å². The maximum Gasteiger partial charge on any atom is 0.262 e. The van der Waals surface area contributed by atoms with Gasteiger partial charge in [-0.2, -0.15) is 0 Å². The summed E-state index contributed by atoms with van der Waals surface area (Å²) in [5, 5.41) is 8.31. The van der Waals surface area contributed by atoms with E-state index in [1.807, 2.05) is 0 Å². The van der Waals surface area contributed by atoms with Crippen LogP contribution < -0.4 is 16.0 Å². The van der Waals surface area contributed by atoms with Crippen LogP contribution in [0.4, 0.5) is 0 Å². The molecule has 3 aliphatic rings. The Balaban J connectivity index is 1.56. The Morgan fingerprint density at radius 1 is 0.903 bits per heavy atom. The first kappa shape index (κ1) is 21.1. The number of carbonyl (C=O) groups excluding carboxylic acids is 5. The maximum atomic E-state index is 13.2. The van der Waals surface area contributed by atoms with Crippen LogP contribution >= 0.6 is 0 Å². The van der Waals surface area contributed by atoms with Gasteiger partial charge in [-0.1, -0.05) is 12.1 Å². The van der Waals surface area contributed by atoms with Crippen molar-refractivity contribution in [3.63, 3.8) is 0 Å². The summed E-state index contributed by atoms with van der Waals surface area (Å²) in [5.41, 5.74) is 1.25. The highest BCUT2D eigenvalue weighted by Gasteiger charge is 2.45. The van der Waals surface area contributed by atoms with Gasteiger partial charge >= 0.3 is 0 Å². The van der Waals surface area contributed by atoms with Crippen LogP contribution in [0.2, 0.25) is 0 Å². The molecule has 2 saturated heterocycles. The third kappa shape index (κ3) is 4.35. The van der Waals surface area contributed by atoms with Crippen LogP contribution in [0.3, 0.4) is 0 Å². The van der Waals surface area contributed by atoms with Crippen molar-refractivity contribution in [1.82, 2.24) is 25.8 Å². The predicted molar refractivity (Wildman–Crippen MR) is 109 cm³/mol. The number of hydrogen-bond acceptors (Lipinski definition) is 7. The summed E-state index contributed by atoms with van der Waals surface area (Å²) in [6.45, 7) is 3.64. The Labute approximate surface area is 179 Å². The minimum atomic E-state index is -0.986. The lowest BCUT2D eigenvalue weighted by Gasteiger charge is -2.28. The molecule has 164 valence electrons. The first-order chi connectivity index (χ1) is 15.0. The van der Waals surface area contributed by atoms with Crippen LogP contribution in [0.1, 0.15) is 45.5 Å². The van der Waals surface area contributed by atoms with Gasteiger partial charge in [-0.25, -0.2) is 0 Å². The normalized spacial score (nSPS) is 23.4. The molecule has 1 aromatic rings. The number of nitrogens with one attached hydrogen (secondary N) is 3. The van der Waals surface area contributed by atoms with Crippen molar-refractivity contribution in [3.8, 4) is 0 Å². The van der Waals surface area contributed by atoms with Crippen LogP contribution in [-0.2, 0) is 20.9 Å². The number of hydrogen-bond donors (Lipinski definition) is 3. The van der Waals surface area contributed by atoms with E-state index in [0.717, 1.165) is 11.4 Å². The number of fused-ring (bicyclic) bond motifs is 1. The minimum Gasteiger partial charge on any atom is -0.355 e. The van der Waals surface area contributed by atoms with Crippen molar-refractivity contribution in [2.45, 2.75) is 31.8 Å². The van der Waals surface area contributed by atoms with E-state index < -0.39 is 29.7 Å². The van der Waals surface area contributed by atoms with E-state index in [4.69, 9.17) is 0 Å². The summed E-state index contributed by atoms with van der Waals surface area (Å²) >= 11 is 0. The summed E-state index contributed by atoms with van der Waals surface area (Å²) in [4.78, 5) is 64.9. The average Bonchev–Trinajstić information content (AvgIpc) is 3.00. The van der Waals surface area contributed by atoms with E-state index in [0.29, 0.717) is 50.3 Å². The van der Waals surface area contributed by atoms with Crippen LogP contribution in [0.25, 0.3) is 0 Å². The number of nitrogens with zero attached hydrogens (tertiary/aromatic N) is 2. The molecule has 10 nitrogen and oxygen atoms in total. The fourth-order valence-corrected chi connectivity index (χ4v) is 4.23. The van der Waals surface area contributed by atoms with Crippen LogP contribution in [0.15, 0.2) is 18.2 Å². The third-order valence-electron chi connectivity index (χ3n) is 5.83. The Morgan fingerprint density at radius 3 is 2.55 bits per heavy atom. The second-order valence-electron chi connectivity index (χ2n) is 7.91. The first-order valence-corrected chi connectivity index (χ1v) is 10.5. The summed E-state index contributed by atoms with van der Waals surface area (Å²) < 4.78 is 0. The molecule has 0 radical (unpaired) electrons. The fourth-order valence-electron chi connectivity index (χ4n) is 4.23. The lowest BCUT2D eigenvalue weighted by Crippen LogP contribution is -2.54. The SMILES string of the molecule is O=C1CCN(Cc2cccc3c2C(=O)N(C2CCC(=O)NC2=O)C3=O)CCNCCN1. The van der Waals surface area contributed by atoms with E-state index in [1.54, 1.807) is 18.2 Å². The predicted octanol–water partition coefficient (Wildman–Crippen LogP) is -1.00. The van der Waals surface area contributed by atoms with E-state index in [2.05, 4.69) is 20.9 Å². The summed E-state index contributed by atoms with van der Waals surface area (Å²) in [7, 11) is 0. The van der Waals surface area contributed by atoms with Crippen LogP contribution in [0, 0.1) is 0 Å². The molecule has 0 aliphatic carbocycles. The highest BCUT2D eigenvalue weighted by atomic mass is 16.2. The molecule has 3 aliphatic heterocycles. The molecule has 3 N–H and O–H groups in total. The van der Waals surface area contributed by atoms with Gasteiger partial charge < -0.3 is 10.6 Å². The zero-order valence-electron chi connectivity index (χ0n) is 17.1. The molecule has 0 aromatic heterocycles. The standard InChI is InChI=1S/C21H25N5O5/c27-16-6-10-25(11-9-22-7-8-23-16)12-13-2-1-3-14-18(13)21(31)26(20(14)30)15-4-5-17(28)24-19(15)29/h1-3,15,22H,4-12H2,(H,23,27)(H,24,28,29). The Morgan fingerprint density at radius 2 is 1.74 bits per heavy atom. The molecule has 0 bridgehead atoms. The number of benzene rings is 1. The van der Waals surface area contributed by atoms with Crippen LogP contribution in [-0.4, -0.2) is 78.1 Å². The molecule has 3 heterocycles. The van der Waals surface area contributed by atoms with Crippen molar-refractivity contribution in [3.05, 3.63) is 34.9 Å². The van der Waals surface area contributed by atoms with Gasteiger partial charge in [0.15, 0.2) is 0 Å². The molecule has 10 heteroatoms. The maximum absolute atomic E-state index is 13.2. The summed E-state index contributed by atoms with van der Waals surface area (Å²) in [5.74, 6) is -2.08. The quantitative estimate of drug-likeness (QED) is 0.528. The van der Waals surface area contributed by atoms with Gasteiger partial charge in [0.05, 0.1) is 11.1 Å². The summed E-state index contributed by atoms with van der Waals surface area (Å²) in [6, 6.07) is 4.12. The molecular formula is C21H25N5O5. The minimum absolute atomic E-state index is 0.0257. The molecule has 0 spiro atoms. The van der Waals surface area contributed by atoms with Crippen molar-refractivity contribution in [1.29, 1.82) is 0 Å². The zero-order chi connectivity index (χ0) is 22.0. The van der Waals surface area contributed by atoms with E-state index in [9.17, 15) is 24.0 Å². The van der Waals surface area contributed by atoms with Gasteiger partial charge in [0, 0.05) is 52.1 Å². The van der Waals surface area contributed by atoms with E-state index in [1.165, 1.54) is 0 Å². The van der Waals surface area contributed by atoms with Crippen molar-refractivity contribution in [2.75, 3.05) is 32.7 Å². The molecule has 0 saturated carbocycles. The van der Waals surface area contributed by atoms with Crippen molar-refractivity contribution >= 4 is 29.5 Å². The Kier molecular flexibility index (Phi) is 6.10. The average molecular weight is 427 g/mol. The van der Waals surface area contributed by atoms with Gasteiger partial charge in [0.25, 0.3) is 11.8 Å². The number of amides is 5. The monoisotopic (exact) mass is 427 g/mol. The summed E-state index contributed by atoms with van der Waals surface area (Å²) in [6.07, 6.45) is 0.558. The molecule has 4 rings (SSSR count). The smallest absolute Gasteiger partial charge is 0.262 e. The molecule has 31 heavy (non-hydrogen) atoms. The fraction of sp³-hybridized carbons (Fsp3) is 0.476. The molecule has 2 fully saturated rings. The molecule has 1 unspecified atom stereocenters. The highest BCUT2D eigenvalue weighted by molar-refractivity contribution is 6.24. The van der Waals surface area contributed by atoms with Crippen molar-refractivity contribution in [2.24, 2.45) is 0 Å². The van der Waals surface area contributed by atoms with Gasteiger partial charge in [0.2, 0.25) is 17.7 Å². The van der Waals surface area contributed by atoms with Gasteiger partial charge in [-0.15, -0.1) is 0 Å². The molecule has 1 aromatic carbocycles. The zero-order valence-corrected chi connectivity index (χ0v) is 17.1. The Bertz CT molecular complexity index is 946. The topological polar surface area (TPSA) is 128 Å². The number of carbonyl (C=O) groups is 5. The second-order valence-corrected chi connectivity index (χ2v) is 7.91. The van der Waals surface area contributed by atoms with Gasteiger partial charge in [-0.05, 0) is 18.1 Å². The third-order valence-corrected chi connectivity index (χ3v) is 5.83. The van der Waals surface area contributed by atoms with Gasteiger partial charge in [-0.3, -0.25) is 39.1 Å². The van der Waals surface area contributed by atoms with E-state index in [-0.39, 0.29) is 24.3 Å². The number of imide groups is 2. The van der Waals surface area contributed by atoms with Crippen LogP contribution in [0.5, 0.6) is 0 Å². The lowest BCUT2D eigenvalue weighted by atomic mass is 10.0. The molecule has 1 atom stereocenters. The lowest BCUT2D eigenvalue weighted by molar-refractivity contribution is -0.136. The first-order valence-electron chi connectivity index (χ1n) is 10.5. The largest absolute Gasteiger partial charge is 0.355 e. The number of rotatable bonds is 3. The Hall–Kier alpha value is -3.11. The second kappa shape index (κ2) is 8.94. The molecular weight excluding hydrogens is 402 g/mol. The highest BCUT2D eigenvalue weighted by Crippen LogP contribution is 2.30. The van der Waals surface area contributed by atoms with Gasteiger partial charge in [0.1, 0.15) is 6.04 Å². The van der Waals surface area contributed by atoms with Crippen molar-refractivity contribution < 1.29 is 24.0 Å².